The Morgan fingerprint density at radius 1 is 1.31 bits per heavy atom. The summed E-state index contributed by atoms with van der Waals surface area (Å²) in [6, 6.07) is 0. The van der Waals surface area contributed by atoms with Gasteiger partial charge in [-0.3, -0.25) is 0 Å². The highest BCUT2D eigenvalue weighted by atomic mass is 15.3. The van der Waals surface area contributed by atoms with Gasteiger partial charge in [-0.05, 0) is 12.8 Å². The van der Waals surface area contributed by atoms with Crippen molar-refractivity contribution in [1.29, 1.82) is 0 Å². The van der Waals surface area contributed by atoms with E-state index in [-0.39, 0.29) is 0 Å². The molecule has 0 radical (unpaired) electrons. The van der Waals surface area contributed by atoms with Crippen LogP contribution in [0.1, 0.15) is 24.6 Å². The average Bonchev–Trinajstić information content (AvgIpc) is 3.04. The Bertz CT molecular complexity index is 528. The molecule has 0 spiro atoms. The number of hydrogen-bond donors (Lipinski definition) is 1. The van der Waals surface area contributed by atoms with Crippen molar-refractivity contribution in [2.45, 2.75) is 18.8 Å². The fourth-order valence-corrected chi connectivity index (χ4v) is 1.65. The molecule has 0 atom stereocenters. The van der Waals surface area contributed by atoms with E-state index in [1.165, 1.54) is 12.8 Å². The highest BCUT2D eigenvalue weighted by molar-refractivity contribution is 5.63. The van der Waals surface area contributed by atoms with Crippen LogP contribution in [0.2, 0.25) is 0 Å². The van der Waals surface area contributed by atoms with Crippen molar-refractivity contribution in [3.63, 3.8) is 0 Å². The van der Waals surface area contributed by atoms with E-state index in [2.05, 4.69) is 20.1 Å². The maximum absolute atomic E-state index is 5.77. The van der Waals surface area contributed by atoms with Gasteiger partial charge in [0.05, 0.1) is 0 Å². The fraction of sp³-hybridized carbons (Fsp3) is 0.400. The van der Waals surface area contributed by atoms with Crippen LogP contribution in [0.5, 0.6) is 0 Å². The first kappa shape index (κ1) is 9.26. The summed E-state index contributed by atoms with van der Waals surface area (Å²) in [4.78, 5) is 12.7. The third-order valence-corrected chi connectivity index (χ3v) is 2.66. The number of hydrogen-bond acceptors (Lipinski definition) is 5. The molecule has 3 rings (SSSR count). The van der Waals surface area contributed by atoms with Gasteiger partial charge in [-0.2, -0.15) is 5.10 Å². The summed E-state index contributed by atoms with van der Waals surface area (Å²) in [5.74, 6) is 2.49. The number of nitrogens with two attached hydrogens (primary N) is 1. The first-order valence-corrected chi connectivity index (χ1v) is 5.23. The van der Waals surface area contributed by atoms with Crippen LogP contribution in [0.15, 0.2) is 12.4 Å². The second kappa shape index (κ2) is 3.26. The number of nitrogens with zero attached hydrogens (tertiary/aromatic N) is 5. The van der Waals surface area contributed by atoms with Gasteiger partial charge in [-0.25, -0.2) is 19.6 Å². The van der Waals surface area contributed by atoms with Gasteiger partial charge < -0.3 is 5.73 Å². The molecule has 2 heterocycles. The van der Waals surface area contributed by atoms with Crippen LogP contribution in [0, 0.1) is 0 Å². The molecule has 0 amide bonds. The standard InChI is InChI=1S/C10H12N6/c1-16-10(7-8(11)13-5-4-12-7)14-9(15-16)6-2-3-6/h4-6H,2-3H2,1H3,(H2,11,13). The van der Waals surface area contributed by atoms with Crippen LogP contribution >= 0.6 is 0 Å². The minimum atomic E-state index is 0.389. The normalized spacial score (nSPS) is 15.3. The van der Waals surface area contributed by atoms with Crippen LogP contribution < -0.4 is 5.73 Å². The zero-order valence-electron chi connectivity index (χ0n) is 8.96. The van der Waals surface area contributed by atoms with Crippen molar-refractivity contribution in [2.24, 2.45) is 7.05 Å². The number of aryl methyl sites for hydroxylation is 1. The topological polar surface area (TPSA) is 82.5 Å². The Balaban J connectivity index is 2.08. The van der Waals surface area contributed by atoms with E-state index in [0.29, 0.717) is 23.3 Å². The van der Waals surface area contributed by atoms with Crippen molar-refractivity contribution in [2.75, 3.05) is 5.73 Å². The zero-order chi connectivity index (χ0) is 11.1. The van der Waals surface area contributed by atoms with Crippen LogP contribution in [0.25, 0.3) is 11.5 Å². The molecule has 2 N–H and O–H groups in total. The van der Waals surface area contributed by atoms with E-state index >= 15 is 0 Å². The van der Waals surface area contributed by atoms with Crippen LogP contribution in [0.3, 0.4) is 0 Å². The van der Waals surface area contributed by atoms with Gasteiger partial charge in [-0.1, -0.05) is 0 Å². The van der Waals surface area contributed by atoms with Gasteiger partial charge in [0.25, 0.3) is 0 Å². The van der Waals surface area contributed by atoms with Gasteiger partial charge >= 0.3 is 0 Å². The molecular weight excluding hydrogens is 204 g/mol. The van der Waals surface area contributed by atoms with E-state index in [1.807, 2.05) is 7.05 Å². The summed E-state index contributed by atoms with van der Waals surface area (Å²) < 4.78 is 1.72. The molecule has 1 saturated carbocycles. The number of rotatable bonds is 2. The summed E-state index contributed by atoms with van der Waals surface area (Å²) in [6.45, 7) is 0. The molecule has 1 fully saturated rings. The highest BCUT2D eigenvalue weighted by Gasteiger charge is 2.29. The minimum absolute atomic E-state index is 0.389. The lowest BCUT2D eigenvalue weighted by Crippen LogP contribution is -2.01. The molecule has 0 aromatic carbocycles. The van der Waals surface area contributed by atoms with Crippen molar-refractivity contribution in [3.8, 4) is 11.5 Å². The Kier molecular flexibility index (Phi) is 1.89. The zero-order valence-corrected chi connectivity index (χ0v) is 8.96. The predicted octanol–water partition coefficient (Wildman–Crippen LogP) is 0.732. The molecule has 2 aromatic rings. The van der Waals surface area contributed by atoms with Crippen molar-refractivity contribution in [3.05, 3.63) is 18.2 Å². The molecule has 16 heavy (non-hydrogen) atoms. The highest BCUT2D eigenvalue weighted by Crippen LogP contribution is 2.38. The summed E-state index contributed by atoms with van der Waals surface area (Å²) in [5.41, 5.74) is 6.37. The molecule has 0 saturated heterocycles. The van der Waals surface area contributed by atoms with Gasteiger partial charge in [0.1, 0.15) is 5.69 Å². The summed E-state index contributed by atoms with van der Waals surface area (Å²) in [5, 5.41) is 4.37. The molecule has 0 unspecified atom stereocenters. The molecule has 1 aliphatic carbocycles. The van der Waals surface area contributed by atoms with E-state index in [1.54, 1.807) is 17.1 Å². The number of anilines is 1. The van der Waals surface area contributed by atoms with E-state index in [0.717, 1.165) is 5.82 Å². The number of nitrogen functional groups attached to an aromatic ring is 1. The van der Waals surface area contributed by atoms with Gasteiger partial charge in [0.15, 0.2) is 17.5 Å². The lowest BCUT2D eigenvalue weighted by molar-refractivity contribution is 0.748. The Hall–Kier alpha value is -1.98. The van der Waals surface area contributed by atoms with Gasteiger partial charge in [0.2, 0.25) is 0 Å². The van der Waals surface area contributed by atoms with E-state index in [4.69, 9.17) is 5.73 Å². The Morgan fingerprint density at radius 3 is 2.75 bits per heavy atom. The van der Waals surface area contributed by atoms with E-state index < -0.39 is 0 Å². The average molecular weight is 216 g/mol. The Morgan fingerprint density at radius 2 is 2.06 bits per heavy atom. The summed E-state index contributed by atoms with van der Waals surface area (Å²) >= 11 is 0. The van der Waals surface area contributed by atoms with Gasteiger partial charge in [0, 0.05) is 25.4 Å². The van der Waals surface area contributed by atoms with Crippen LogP contribution in [0.4, 0.5) is 5.82 Å². The van der Waals surface area contributed by atoms with Crippen LogP contribution in [-0.2, 0) is 7.05 Å². The second-order valence-electron chi connectivity index (χ2n) is 3.98. The van der Waals surface area contributed by atoms with Crippen molar-refractivity contribution >= 4 is 5.82 Å². The van der Waals surface area contributed by atoms with E-state index in [9.17, 15) is 0 Å². The third-order valence-electron chi connectivity index (χ3n) is 2.66. The predicted molar refractivity (Wildman–Crippen MR) is 58.4 cm³/mol. The first-order chi connectivity index (χ1) is 7.75. The lowest BCUT2D eigenvalue weighted by atomic mass is 10.3. The summed E-state index contributed by atoms with van der Waals surface area (Å²) in [6.07, 6.45) is 5.53. The SMILES string of the molecule is Cn1nc(C2CC2)nc1-c1nccnc1N. The molecule has 1 aliphatic rings. The molecule has 2 aromatic heterocycles. The molecule has 0 bridgehead atoms. The molecule has 6 heteroatoms. The minimum Gasteiger partial charge on any atom is -0.382 e. The van der Waals surface area contributed by atoms with Crippen LogP contribution in [-0.4, -0.2) is 24.7 Å². The fourth-order valence-electron chi connectivity index (χ4n) is 1.65. The molecular formula is C10H12N6. The van der Waals surface area contributed by atoms with Crippen molar-refractivity contribution < 1.29 is 0 Å². The first-order valence-electron chi connectivity index (χ1n) is 5.23. The third kappa shape index (κ3) is 1.42. The maximum atomic E-state index is 5.77. The lowest BCUT2D eigenvalue weighted by Gasteiger charge is -2.00. The second-order valence-corrected chi connectivity index (χ2v) is 3.98. The maximum Gasteiger partial charge on any atom is 0.180 e. The summed E-state index contributed by atoms with van der Waals surface area (Å²) in [7, 11) is 1.85. The Labute approximate surface area is 92.5 Å². The monoisotopic (exact) mass is 216 g/mol. The van der Waals surface area contributed by atoms with Crippen molar-refractivity contribution in [1.82, 2.24) is 24.7 Å². The number of aromatic nitrogens is 5. The molecule has 0 aliphatic heterocycles. The van der Waals surface area contributed by atoms with Gasteiger partial charge in [-0.15, -0.1) is 0 Å². The molecule has 6 nitrogen and oxygen atoms in total. The quantitative estimate of drug-likeness (QED) is 0.800. The molecule has 82 valence electrons. The largest absolute Gasteiger partial charge is 0.382 e. The smallest absolute Gasteiger partial charge is 0.180 e.